The Morgan fingerprint density at radius 1 is 1.45 bits per heavy atom. The summed E-state index contributed by atoms with van der Waals surface area (Å²) in [5.41, 5.74) is 2.62. The van der Waals surface area contributed by atoms with E-state index in [0.29, 0.717) is 6.04 Å². The standard InChI is InChI=1S/C9H12N2/c1-10-8-5-3-2-4-7(8)9-6-11-9/h2-5,9-11H,6H2,1H3. The van der Waals surface area contributed by atoms with Crippen LogP contribution < -0.4 is 10.6 Å². The van der Waals surface area contributed by atoms with E-state index in [1.165, 1.54) is 11.3 Å². The van der Waals surface area contributed by atoms with E-state index in [-0.39, 0.29) is 0 Å². The Hall–Kier alpha value is -1.02. The van der Waals surface area contributed by atoms with Crippen LogP contribution in [-0.2, 0) is 0 Å². The molecule has 0 spiro atoms. The number of nitrogens with one attached hydrogen (secondary N) is 2. The third-order valence-electron chi connectivity index (χ3n) is 2.01. The number of hydrogen-bond acceptors (Lipinski definition) is 2. The molecule has 0 radical (unpaired) electrons. The van der Waals surface area contributed by atoms with Gasteiger partial charge in [0.1, 0.15) is 0 Å². The average molecular weight is 148 g/mol. The van der Waals surface area contributed by atoms with Gasteiger partial charge in [-0.25, -0.2) is 0 Å². The molecule has 11 heavy (non-hydrogen) atoms. The van der Waals surface area contributed by atoms with Crippen LogP contribution in [-0.4, -0.2) is 13.6 Å². The number of rotatable bonds is 2. The molecule has 1 atom stereocenters. The first-order valence-corrected chi connectivity index (χ1v) is 3.92. The van der Waals surface area contributed by atoms with Gasteiger partial charge >= 0.3 is 0 Å². The highest BCUT2D eigenvalue weighted by molar-refractivity contribution is 5.53. The quantitative estimate of drug-likeness (QED) is 0.621. The van der Waals surface area contributed by atoms with Gasteiger partial charge in [0, 0.05) is 25.3 Å². The van der Waals surface area contributed by atoms with Crippen LogP contribution in [0.2, 0.25) is 0 Å². The van der Waals surface area contributed by atoms with Gasteiger partial charge in [-0.3, -0.25) is 0 Å². The Labute approximate surface area is 66.6 Å². The molecule has 0 aromatic heterocycles. The van der Waals surface area contributed by atoms with E-state index < -0.39 is 0 Å². The summed E-state index contributed by atoms with van der Waals surface area (Å²) >= 11 is 0. The second-order valence-corrected chi connectivity index (χ2v) is 2.80. The lowest BCUT2D eigenvalue weighted by Gasteiger charge is -2.05. The molecule has 1 aromatic rings. The molecular formula is C9H12N2. The summed E-state index contributed by atoms with van der Waals surface area (Å²) in [5, 5.41) is 6.46. The topological polar surface area (TPSA) is 34.0 Å². The highest BCUT2D eigenvalue weighted by Crippen LogP contribution is 2.27. The molecule has 1 aliphatic rings. The predicted molar refractivity (Wildman–Crippen MR) is 46.7 cm³/mol. The second kappa shape index (κ2) is 2.55. The van der Waals surface area contributed by atoms with Crippen LogP contribution >= 0.6 is 0 Å². The van der Waals surface area contributed by atoms with E-state index in [9.17, 15) is 0 Å². The predicted octanol–water partition coefficient (Wildman–Crippen LogP) is 1.37. The highest BCUT2D eigenvalue weighted by atomic mass is 15.1. The van der Waals surface area contributed by atoms with Crippen molar-refractivity contribution in [1.82, 2.24) is 5.32 Å². The van der Waals surface area contributed by atoms with Crippen molar-refractivity contribution in [2.45, 2.75) is 6.04 Å². The van der Waals surface area contributed by atoms with E-state index in [1.54, 1.807) is 0 Å². The van der Waals surface area contributed by atoms with Crippen LogP contribution in [0.4, 0.5) is 5.69 Å². The van der Waals surface area contributed by atoms with Crippen molar-refractivity contribution in [1.29, 1.82) is 0 Å². The van der Waals surface area contributed by atoms with Crippen LogP contribution in [0.1, 0.15) is 11.6 Å². The van der Waals surface area contributed by atoms with Crippen LogP contribution in [0.25, 0.3) is 0 Å². The molecule has 58 valence electrons. The van der Waals surface area contributed by atoms with Gasteiger partial charge < -0.3 is 10.6 Å². The van der Waals surface area contributed by atoms with Crippen molar-refractivity contribution >= 4 is 5.69 Å². The van der Waals surface area contributed by atoms with Crippen molar-refractivity contribution in [3.8, 4) is 0 Å². The Morgan fingerprint density at radius 2 is 2.18 bits per heavy atom. The van der Waals surface area contributed by atoms with Crippen molar-refractivity contribution in [3.63, 3.8) is 0 Å². The normalized spacial score (nSPS) is 21.4. The van der Waals surface area contributed by atoms with E-state index in [0.717, 1.165) is 6.54 Å². The molecule has 2 N–H and O–H groups in total. The van der Waals surface area contributed by atoms with Gasteiger partial charge in [0.15, 0.2) is 0 Å². The van der Waals surface area contributed by atoms with E-state index >= 15 is 0 Å². The fourth-order valence-corrected chi connectivity index (χ4v) is 1.31. The highest BCUT2D eigenvalue weighted by Gasteiger charge is 2.23. The zero-order chi connectivity index (χ0) is 7.68. The maximum Gasteiger partial charge on any atom is 0.0468 e. The summed E-state index contributed by atoms with van der Waals surface area (Å²) in [4.78, 5) is 0. The third-order valence-corrected chi connectivity index (χ3v) is 2.01. The third kappa shape index (κ3) is 1.21. The van der Waals surface area contributed by atoms with Gasteiger partial charge in [0.25, 0.3) is 0 Å². The minimum Gasteiger partial charge on any atom is -0.388 e. The molecule has 0 aliphatic carbocycles. The molecule has 2 rings (SSSR count). The summed E-state index contributed by atoms with van der Waals surface area (Å²) in [7, 11) is 1.96. The summed E-state index contributed by atoms with van der Waals surface area (Å²) in [6.07, 6.45) is 0. The van der Waals surface area contributed by atoms with Gasteiger partial charge in [-0.1, -0.05) is 18.2 Å². The van der Waals surface area contributed by atoms with Gasteiger partial charge in [-0.2, -0.15) is 0 Å². The minimum absolute atomic E-state index is 0.596. The fraction of sp³-hybridized carbons (Fsp3) is 0.333. The van der Waals surface area contributed by atoms with Crippen LogP contribution in [0.5, 0.6) is 0 Å². The molecule has 1 saturated heterocycles. The molecule has 0 bridgehead atoms. The van der Waals surface area contributed by atoms with Crippen LogP contribution in [0.15, 0.2) is 24.3 Å². The molecule has 0 saturated carbocycles. The zero-order valence-electron chi connectivity index (χ0n) is 6.59. The Morgan fingerprint density at radius 3 is 2.82 bits per heavy atom. The molecule has 1 unspecified atom stereocenters. The molecule has 1 fully saturated rings. The number of para-hydroxylation sites is 1. The maximum absolute atomic E-state index is 3.29. The lowest BCUT2D eigenvalue weighted by atomic mass is 10.1. The monoisotopic (exact) mass is 148 g/mol. The number of hydrogen-bond donors (Lipinski definition) is 2. The Kier molecular flexibility index (Phi) is 1.55. The van der Waals surface area contributed by atoms with Gasteiger partial charge in [0.2, 0.25) is 0 Å². The maximum atomic E-state index is 3.29. The van der Waals surface area contributed by atoms with Gasteiger partial charge in [-0.05, 0) is 11.6 Å². The first kappa shape index (κ1) is 6.68. The van der Waals surface area contributed by atoms with E-state index in [4.69, 9.17) is 0 Å². The van der Waals surface area contributed by atoms with Crippen molar-refractivity contribution in [3.05, 3.63) is 29.8 Å². The summed E-state index contributed by atoms with van der Waals surface area (Å²) in [5.74, 6) is 0. The zero-order valence-corrected chi connectivity index (χ0v) is 6.59. The van der Waals surface area contributed by atoms with E-state index in [1.807, 2.05) is 7.05 Å². The van der Waals surface area contributed by atoms with Crippen molar-refractivity contribution < 1.29 is 0 Å². The average Bonchev–Trinajstić information content (AvgIpc) is 2.87. The summed E-state index contributed by atoms with van der Waals surface area (Å²) in [6.45, 7) is 1.12. The van der Waals surface area contributed by atoms with Gasteiger partial charge in [0.05, 0.1) is 0 Å². The number of benzene rings is 1. The molecule has 2 nitrogen and oxygen atoms in total. The van der Waals surface area contributed by atoms with Gasteiger partial charge in [-0.15, -0.1) is 0 Å². The lowest BCUT2D eigenvalue weighted by Crippen LogP contribution is -1.94. The Balaban J connectivity index is 2.34. The van der Waals surface area contributed by atoms with Crippen molar-refractivity contribution in [2.24, 2.45) is 0 Å². The molecule has 0 amide bonds. The molecule has 2 heteroatoms. The van der Waals surface area contributed by atoms with Crippen molar-refractivity contribution in [2.75, 3.05) is 18.9 Å². The largest absolute Gasteiger partial charge is 0.388 e. The van der Waals surface area contributed by atoms with Crippen LogP contribution in [0.3, 0.4) is 0 Å². The Bertz CT molecular complexity index is 253. The van der Waals surface area contributed by atoms with E-state index in [2.05, 4.69) is 34.9 Å². The molecule has 1 heterocycles. The number of anilines is 1. The fourth-order valence-electron chi connectivity index (χ4n) is 1.31. The summed E-state index contributed by atoms with van der Waals surface area (Å²) < 4.78 is 0. The molecule has 1 aliphatic heterocycles. The molecule has 1 aromatic carbocycles. The smallest absolute Gasteiger partial charge is 0.0468 e. The first-order valence-electron chi connectivity index (χ1n) is 3.92. The minimum atomic E-state index is 0.596. The molecular weight excluding hydrogens is 136 g/mol. The lowest BCUT2D eigenvalue weighted by molar-refractivity contribution is 1.08. The first-order chi connectivity index (χ1) is 5.42. The second-order valence-electron chi connectivity index (χ2n) is 2.80. The summed E-state index contributed by atoms with van der Waals surface area (Å²) in [6, 6.07) is 9.00. The SMILES string of the molecule is CNc1ccccc1C1CN1. The van der Waals surface area contributed by atoms with Crippen LogP contribution in [0, 0.1) is 0 Å².